The maximum atomic E-state index is 5.93. The molecule has 0 saturated heterocycles. The fourth-order valence-corrected chi connectivity index (χ4v) is 2.62. The van der Waals surface area contributed by atoms with E-state index in [4.69, 9.17) is 5.73 Å². The van der Waals surface area contributed by atoms with Crippen LogP contribution >= 0.6 is 11.3 Å². The van der Waals surface area contributed by atoms with Crippen LogP contribution in [0, 0.1) is 6.92 Å². The lowest BCUT2D eigenvalue weighted by molar-refractivity contribution is 0.682. The molecule has 0 saturated carbocycles. The first-order valence-corrected chi connectivity index (χ1v) is 6.64. The van der Waals surface area contributed by atoms with Crippen LogP contribution in [0.1, 0.15) is 40.5 Å². The van der Waals surface area contributed by atoms with Crippen molar-refractivity contribution < 1.29 is 0 Å². The van der Waals surface area contributed by atoms with Gasteiger partial charge < -0.3 is 5.73 Å². The fraction of sp³-hybridized carbons (Fsp3) is 0.385. The zero-order valence-electron chi connectivity index (χ0n) is 10.2. The Kier molecular flexibility index (Phi) is 3.86. The molecule has 1 unspecified atom stereocenters. The number of nitrogens with two attached hydrogens (primary N) is 1. The van der Waals surface area contributed by atoms with Crippen molar-refractivity contribution in [3.63, 3.8) is 0 Å². The minimum atomic E-state index is 0.0266. The van der Waals surface area contributed by atoms with E-state index >= 15 is 0 Å². The first-order chi connectivity index (χ1) is 8.19. The Hall–Kier alpha value is -1.26. The Morgan fingerprint density at radius 1 is 1.35 bits per heavy atom. The smallest absolute Gasteiger partial charge is 0.134 e. The minimum absolute atomic E-state index is 0.0266. The molecule has 0 radical (unpaired) electrons. The molecule has 4 heteroatoms. The van der Waals surface area contributed by atoms with Gasteiger partial charge in [0.1, 0.15) is 10.0 Å². The molecular formula is C13H17N3S. The average molecular weight is 247 g/mol. The highest BCUT2D eigenvalue weighted by Gasteiger charge is 2.10. The van der Waals surface area contributed by atoms with Gasteiger partial charge in [0, 0.05) is 6.42 Å². The molecule has 17 heavy (non-hydrogen) atoms. The lowest BCUT2D eigenvalue weighted by atomic mass is 10.1. The van der Waals surface area contributed by atoms with Crippen LogP contribution in [0.2, 0.25) is 0 Å². The molecule has 2 rings (SSSR count). The van der Waals surface area contributed by atoms with Gasteiger partial charge in [0.05, 0.1) is 6.04 Å². The average Bonchev–Trinajstić information content (AvgIpc) is 2.76. The summed E-state index contributed by atoms with van der Waals surface area (Å²) in [6.07, 6.45) is 1.74. The Labute approximate surface area is 106 Å². The van der Waals surface area contributed by atoms with Crippen molar-refractivity contribution in [2.24, 2.45) is 5.73 Å². The second-order valence-corrected chi connectivity index (χ2v) is 5.31. The van der Waals surface area contributed by atoms with E-state index in [-0.39, 0.29) is 6.04 Å². The van der Waals surface area contributed by atoms with Gasteiger partial charge in [-0.15, -0.1) is 10.2 Å². The summed E-state index contributed by atoms with van der Waals surface area (Å²) in [4.78, 5) is 0. The quantitative estimate of drug-likeness (QED) is 0.904. The van der Waals surface area contributed by atoms with Crippen molar-refractivity contribution in [1.82, 2.24) is 10.2 Å². The monoisotopic (exact) mass is 247 g/mol. The van der Waals surface area contributed by atoms with Crippen LogP contribution < -0.4 is 5.73 Å². The standard InChI is InChI=1S/C13H17N3S/c1-3-11(14)13-16-15-12(17-13)8-10-6-4-5-9(2)7-10/h4-7,11H,3,8,14H2,1-2H3. The lowest BCUT2D eigenvalue weighted by Gasteiger charge is -2.01. The van der Waals surface area contributed by atoms with Gasteiger partial charge in [-0.3, -0.25) is 0 Å². The van der Waals surface area contributed by atoms with E-state index in [1.807, 2.05) is 0 Å². The molecule has 1 aromatic heterocycles. The van der Waals surface area contributed by atoms with Gasteiger partial charge in [0.2, 0.25) is 0 Å². The molecular weight excluding hydrogens is 230 g/mol. The highest BCUT2D eigenvalue weighted by molar-refractivity contribution is 7.11. The SMILES string of the molecule is CCC(N)c1nnc(Cc2cccc(C)c2)s1. The molecule has 1 atom stereocenters. The third-order valence-electron chi connectivity index (χ3n) is 2.68. The molecule has 0 aliphatic carbocycles. The largest absolute Gasteiger partial charge is 0.322 e. The summed E-state index contributed by atoms with van der Waals surface area (Å²) in [6, 6.07) is 8.50. The van der Waals surface area contributed by atoms with Gasteiger partial charge in [-0.25, -0.2) is 0 Å². The van der Waals surface area contributed by atoms with Gasteiger partial charge in [-0.2, -0.15) is 0 Å². The number of hydrogen-bond donors (Lipinski definition) is 1. The summed E-state index contributed by atoms with van der Waals surface area (Å²) >= 11 is 1.62. The van der Waals surface area contributed by atoms with Crippen LogP contribution in [0.25, 0.3) is 0 Å². The third-order valence-corrected chi connectivity index (χ3v) is 3.73. The Morgan fingerprint density at radius 2 is 2.18 bits per heavy atom. The number of nitrogens with zero attached hydrogens (tertiary/aromatic N) is 2. The number of benzene rings is 1. The van der Waals surface area contributed by atoms with E-state index in [0.29, 0.717) is 0 Å². The van der Waals surface area contributed by atoms with Crippen molar-refractivity contribution in [2.45, 2.75) is 32.7 Å². The molecule has 1 heterocycles. The molecule has 0 aliphatic heterocycles. The van der Waals surface area contributed by atoms with Crippen LogP contribution in [-0.4, -0.2) is 10.2 Å². The van der Waals surface area contributed by atoms with Gasteiger partial charge in [0.25, 0.3) is 0 Å². The Morgan fingerprint density at radius 3 is 2.88 bits per heavy atom. The Balaban J connectivity index is 2.11. The first kappa shape index (κ1) is 12.2. The molecule has 0 aliphatic rings. The third kappa shape index (κ3) is 3.11. The molecule has 90 valence electrons. The van der Waals surface area contributed by atoms with Crippen molar-refractivity contribution in [3.8, 4) is 0 Å². The molecule has 2 aromatic rings. The lowest BCUT2D eigenvalue weighted by Crippen LogP contribution is -2.07. The predicted octanol–water partition coefficient (Wildman–Crippen LogP) is 2.85. The maximum Gasteiger partial charge on any atom is 0.134 e. The van der Waals surface area contributed by atoms with Gasteiger partial charge in [-0.1, -0.05) is 48.1 Å². The number of rotatable bonds is 4. The van der Waals surface area contributed by atoms with Crippen LogP contribution in [-0.2, 0) is 6.42 Å². The second kappa shape index (κ2) is 5.38. The van der Waals surface area contributed by atoms with E-state index in [1.165, 1.54) is 11.1 Å². The highest BCUT2D eigenvalue weighted by Crippen LogP contribution is 2.20. The predicted molar refractivity (Wildman–Crippen MR) is 71.1 cm³/mol. The Bertz CT molecular complexity index is 493. The minimum Gasteiger partial charge on any atom is -0.322 e. The van der Waals surface area contributed by atoms with Crippen LogP contribution in [0.15, 0.2) is 24.3 Å². The number of aromatic nitrogens is 2. The van der Waals surface area contributed by atoms with Gasteiger partial charge in [0.15, 0.2) is 0 Å². The second-order valence-electron chi connectivity index (χ2n) is 4.21. The topological polar surface area (TPSA) is 51.8 Å². The van der Waals surface area contributed by atoms with Crippen LogP contribution in [0.3, 0.4) is 0 Å². The van der Waals surface area contributed by atoms with E-state index in [9.17, 15) is 0 Å². The molecule has 0 bridgehead atoms. The highest BCUT2D eigenvalue weighted by atomic mass is 32.1. The zero-order valence-corrected chi connectivity index (χ0v) is 11.0. The summed E-state index contributed by atoms with van der Waals surface area (Å²) in [6.45, 7) is 4.16. The van der Waals surface area contributed by atoms with Crippen LogP contribution in [0.5, 0.6) is 0 Å². The summed E-state index contributed by atoms with van der Waals surface area (Å²) in [7, 11) is 0. The zero-order chi connectivity index (χ0) is 12.3. The summed E-state index contributed by atoms with van der Waals surface area (Å²) < 4.78 is 0. The van der Waals surface area contributed by atoms with E-state index in [2.05, 4.69) is 48.3 Å². The van der Waals surface area contributed by atoms with Crippen molar-refractivity contribution >= 4 is 11.3 Å². The van der Waals surface area contributed by atoms with Gasteiger partial charge >= 0.3 is 0 Å². The summed E-state index contributed by atoms with van der Waals surface area (Å²) in [5.74, 6) is 0. The fourth-order valence-electron chi connectivity index (χ4n) is 1.66. The molecule has 0 spiro atoms. The number of hydrogen-bond acceptors (Lipinski definition) is 4. The van der Waals surface area contributed by atoms with E-state index in [1.54, 1.807) is 11.3 Å². The molecule has 0 amide bonds. The normalized spacial score (nSPS) is 12.6. The molecule has 0 fully saturated rings. The summed E-state index contributed by atoms with van der Waals surface area (Å²) in [5.41, 5.74) is 8.48. The van der Waals surface area contributed by atoms with E-state index < -0.39 is 0 Å². The summed E-state index contributed by atoms with van der Waals surface area (Å²) in [5, 5.41) is 10.3. The van der Waals surface area contributed by atoms with Gasteiger partial charge in [-0.05, 0) is 18.9 Å². The molecule has 1 aromatic carbocycles. The van der Waals surface area contributed by atoms with Crippen molar-refractivity contribution in [2.75, 3.05) is 0 Å². The van der Waals surface area contributed by atoms with Crippen LogP contribution in [0.4, 0.5) is 0 Å². The maximum absolute atomic E-state index is 5.93. The molecule has 2 N–H and O–H groups in total. The van der Waals surface area contributed by atoms with Crippen molar-refractivity contribution in [3.05, 3.63) is 45.4 Å². The van der Waals surface area contributed by atoms with Crippen molar-refractivity contribution in [1.29, 1.82) is 0 Å². The molecule has 3 nitrogen and oxygen atoms in total. The first-order valence-electron chi connectivity index (χ1n) is 5.82. The van der Waals surface area contributed by atoms with E-state index in [0.717, 1.165) is 22.9 Å². The number of aryl methyl sites for hydroxylation is 1.